The van der Waals surface area contributed by atoms with Crippen LogP contribution in [-0.2, 0) is 117 Å². The fraction of sp³-hybridized carbons (Fsp3) is 0.432. The Bertz CT molecular complexity index is 5350. The van der Waals surface area contributed by atoms with Crippen LogP contribution in [-0.4, -0.2) is 253 Å². The zero-order valence-electron chi connectivity index (χ0n) is 75.7. The van der Waals surface area contributed by atoms with Crippen LogP contribution < -0.4 is 97.0 Å². The highest BCUT2D eigenvalue weighted by molar-refractivity contribution is 8.00. The molecule has 0 unspecified atom stereocenters. The summed E-state index contributed by atoms with van der Waals surface area (Å²) in [6.45, 7) is 0.0776. The van der Waals surface area contributed by atoms with Gasteiger partial charge in [0.15, 0.2) is 0 Å². The van der Waals surface area contributed by atoms with Crippen LogP contribution in [0.15, 0.2) is 177 Å². The van der Waals surface area contributed by atoms with E-state index in [-0.39, 0.29) is 101 Å². The zero-order valence-corrected chi connectivity index (χ0v) is 76.5. The van der Waals surface area contributed by atoms with E-state index >= 15 is 14.4 Å². The molecule has 0 spiro atoms. The molecule has 3 aromatic heterocycles. The number of likely N-dealkylation sites (tertiary alicyclic amines) is 1. The van der Waals surface area contributed by atoms with E-state index in [0.29, 0.717) is 101 Å². The van der Waals surface area contributed by atoms with Crippen molar-refractivity contribution in [2.24, 2.45) is 17.2 Å². The summed E-state index contributed by atoms with van der Waals surface area (Å²) in [5.74, 6) is -10.3. The summed E-state index contributed by atoms with van der Waals surface area (Å²) >= 11 is 1.82. The first-order chi connectivity index (χ1) is 65.7. The fourth-order valence-electron chi connectivity index (χ4n) is 16.4. The van der Waals surface area contributed by atoms with Gasteiger partial charge >= 0.3 is 6.03 Å². The molecular weight excluding hydrogens is 1770 g/mol. The molecule has 3 saturated heterocycles. The van der Waals surface area contributed by atoms with E-state index in [1.807, 2.05) is 60.3 Å². The summed E-state index contributed by atoms with van der Waals surface area (Å²) in [4.78, 5) is 242. The van der Waals surface area contributed by atoms with Gasteiger partial charge in [-0.25, -0.2) is 14.8 Å². The van der Waals surface area contributed by atoms with Gasteiger partial charge in [-0.2, -0.15) is 11.8 Å². The van der Waals surface area contributed by atoms with E-state index in [2.05, 4.69) is 105 Å². The maximum Gasteiger partial charge on any atom is 0.315 e. The number of nitrogens with one attached hydrogen (secondary N) is 18. The van der Waals surface area contributed by atoms with Gasteiger partial charge < -0.3 is 117 Å². The lowest BCUT2D eigenvalue weighted by molar-refractivity contribution is -0.142. The Balaban J connectivity index is 0.707. The number of hydrogen-bond acceptors (Lipinski definition) is 21. The van der Waals surface area contributed by atoms with Gasteiger partial charge in [0.05, 0.1) is 61.8 Å². The molecule has 136 heavy (non-hydrogen) atoms. The molecule has 3 fully saturated rings. The first-order valence-electron chi connectivity index (χ1n) is 45.9. The minimum Gasteiger partial charge on any atom is -0.368 e. The molecule has 5 aromatic carbocycles. The Morgan fingerprint density at radius 3 is 1.54 bits per heavy atom. The van der Waals surface area contributed by atoms with Gasteiger partial charge in [-0.15, -0.1) is 0 Å². The lowest BCUT2D eigenvalue weighted by atomic mass is 10.0. The highest BCUT2D eigenvalue weighted by Gasteiger charge is 2.44. The van der Waals surface area contributed by atoms with Crippen molar-refractivity contribution in [1.82, 2.24) is 110 Å². The number of aromatic amines is 3. The Kier molecular flexibility index (Phi) is 39.3. The van der Waals surface area contributed by atoms with E-state index < -0.39 is 169 Å². The molecule has 0 aliphatic carbocycles. The number of amides is 17. The third kappa shape index (κ3) is 31.9. The molecule has 3 aliphatic rings. The van der Waals surface area contributed by atoms with Gasteiger partial charge in [0.25, 0.3) is 0 Å². The number of unbranched alkanes of at least 4 members (excludes halogenated alkanes) is 3. The number of primary amides is 1. The molecule has 40 nitrogen and oxygen atoms in total. The minimum atomic E-state index is -1.51. The van der Waals surface area contributed by atoms with Crippen molar-refractivity contribution >= 4 is 117 Å². The standard InChI is InChI=1S/C95H122N24O16S/c1-57(108-88(128)70(42-59-25-8-3-9-26-59)115-93(133)77-35-22-40-119(77)94(134)75(47-64-50-100-56-107-64)116-90(130)71(43-60-27-10-4-11-28-60)112-86(126)66(97)41-58-23-6-2-7-24-58)85(125)111-73(45-62-48-102-67-32-15-14-31-65(62)67)91(131)113-72(44-61-29-12-5-13-30-61)89(129)114-74(46-63-49-99-55-106-63)92(132)110-69(34-18-20-38-96)87(127)105-52-81(122)103-51-80(121)104-53-82(123)109-68(84(98)124)33-19-21-39-101-79(120)37-17-16-36-78-83-76(54-136-78)117-95(135)118-83/h2-15,23-32,48-50,55-57,66,68-78,83,102H,16-22,33-47,51-54,96-97H2,1H3,(H2,98,124)(H,99,106)(H,100,107)(H,101,120)(H,103,122)(H,104,121)(H,105,127)(H,108,128)(H,109,123)(H,110,132)(H,111,125)(H,112,126)(H,113,131)(H,114,129)(H,115,133)(H,116,130)(H2,117,118,135)/t57-,66-,68-,69-,70-,71-,72-,73-,74-,75-,76-,77-,78-,83-/m0/s1. The Morgan fingerprint density at radius 1 is 0.463 bits per heavy atom. The molecule has 24 N–H and O–H groups in total. The number of fused-ring (bicyclic) bond motifs is 2. The second-order valence-corrected chi connectivity index (χ2v) is 35.4. The van der Waals surface area contributed by atoms with Crippen molar-refractivity contribution in [2.75, 3.05) is 45.0 Å². The second kappa shape index (κ2) is 52.3. The summed E-state index contributed by atoms with van der Waals surface area (Å²) in [6.07, 6.45) is 11.8. The first-order valence-corrected chi connectivity index (χ1v) is 47.0. The molecule has 8 aromatic rings. The number of carbonyl (C=O) groups is 16. The molecule has 11 rings (SSSR count). The van der Waals surface area contributed by atoms with Crippen LogP contribution in [0.3, 0.4) is 0 Å². The summed E-state index contributed by atoms with van der Waals surface area (Å²) in [5.41, 5.74) is 22.5. The summed E-state index contributed by atoms with van der Waals surface area (Å²) in [7, 11) is 0. The minimum absolute atomic E-state index is 0.00794. The number of H-pyrrole nitrogens is 3. The molecule has 0 bridgehead atoms. The van der Waals surface area contributed by atoms with Crippen LogP contribution in [0.25, 0.3) is 10.9 Å². The molecule has 41 heteroatoms. The maximum atomic E-state index is 15.4. The lowest BCUT2D eigenvalue weighted by Gasteiger charge is -2.31. The number of thioether (sulfide) groups is 1. The maximum absolute atomic E-state index is 15.4. The van der Waals surface area contributed by atoms with Crippen molar-refractivity contribution in [3.05, 3.63) is 216 Å². The number of urea groups is 1. The largest absolute Gasteiger partial charge is 0.368 e. The molecule has 0 radical (unpaired) electrons. The topological polar surface area (TPSA) is 608 Å². The molecule has 3 aliphatic heterocycles. The van der Waals surface area contributed by atoms with Gasteiger partial charge in [0.2, 0.25) is 88.6 Å². The predicted molar refractivity (Wildman–Crippen MR) is 505 cm³/mol. The van der Waals surface area contributed by atoms with Crippen molar-refractivity contribution in [2.45, 2.75) is 213 Å². The van der Waals surface area contributed by atoms with Crippen molar-refractivity contribution in [3.8, 4) is 0 Å². The summed E-state index contributed by atoms with van der Waals surface area (Å²) < 4.78 is 0. The van der Waals surface area contributed by atoms with Crippen LogP contribution >= 0.6 is 11.8 Å². The molecular formula is C95H122N24O16S. The number of benzene rings is 5. The predicted octanol–water partition coefficient (Wildman–Crippen LogP) is -0.711. The number of aromatic nitrogens is 5. The van der Waals surface area contributed by atoms with Crippen LogP contribution in [0.1, 0.15) is 123 Å². The first kappa shape index (κ1) is 102. The Labute approximate surface area is 790 Å². The molecule has 724 valence electrons. The van der Waals surface area contributed by atoms with Gasteiger partial charge in [0.1, 0.15) is 60.4 Å². The molecule has 14 atom stereocenters. The van der Waals surface area contributed by atoms with Crippen molar-refractivity contribution in [3.63, 3.8) is 0 Å². The van der Waals surface area contributed by atoms with Gasteiger partial charge in [-0.3, -0.25) is 71.9 Å². The van der Waals surface area contributed by atoms with Crippen LogP contribution in [0.2, 0.25) is 0 Å². The van der Waals surface area contributed by atoms with Crippen molar-refractivity contribution < 1.29 is 76.7 Å². The third-order valence-electron chi connectivity index (χ3n) is 23.8. The number of para-hydroxylation sites is 1. The van der Waals surface area contributed by atoms with Crippen LogP contribution in [0.4, 0.5) is 4.79 Å². The number of nitrogens with zero attached hydrogens (tertiary/aromatic N) is 3. The average Bonchev–Trinajstić information content (AvgIpc) is 1.65. The SMILES string of the molecule is C[C@H](NC(=O)[C@H](Cc1ccccc1)NC(=O)[C@@H]1CCCN1C(=O)[C@H](Cc1c[nH]cn1)NC(=O)[C@H](Cc1ccccc1)NC(=O)[C@@H](N)Cc1ccccc1)C(=O)N[C@@H](Cc1c[nH]c2ccccc12)C(=O)N[C@@H](Cc1ccccc1)C(=O)N[C@@H](Cc1c[nH]cn1)C(=O)N[C@@H](CCCCN)C(=O)NCC(=O)NCC(=O)NCC(=O)N[C@@H](CCCCNC(=O)CCCC[C@@H]1SC[C@@H]2NC(=O)N[C@@H]21)C(N)=O. The number of carbonyl (C=O) groups excluding carboxylic acids is 16. The van der Waals surface area contributed by atoms with E-state index in [4.69, 9.17) is 17.2 Å². The van der Waals surface area contributed by atoms with Gasteiger partial charge in [-0.05, 0) is 118 Å². The number of rotatable bonds is 54. The number of imidazole rings is 2. The molecule has 17 amide bonds. The van der Waals surface area contributed by atoms with Crippen molar-refractivity contribution in [1.29, 1.82) is 0 Å². The summed E-state index contributed by atoms with van der Waals surface area (Å²) in [6, 6.07) is 28.2. The number of hydrogen-bond donors (Lipinski definition) is 21. The average molecular weight is 1890 g/mol. The quantitative estimate of drug-likeness (QED) is 0.0165. The highest BCUT2D eigenvalue weighted by Crippen LogP contribution is 2.33. The van der Waals surface area contributed by atoms with Crippen LogP contribution in [0, 0.1) is 0 Å². The zero-order chi connectivity index (χ0) is 96.8. The summed E-state index contributed by atoms with van der Waals surface area (Å²) in [5, 5.41) is 41.8. The van der Waals surface area contributed by atoms with E-state index in [1.54, 1.807) is 109 Å². The highest BCUT2D eigenvalue weighted by atomic mass is 32.2. The Morgan fingerprint density at radius 2 is 0.956 bits per heavy atom. The normalized spacial score (nSPS) is 17.0. The Hall–Kier alpha value is -14.3. The second-order valence-electron chi connectivity index (χ2n) is 34.1. The van der Waals surface area contributed by atoms with E-state index in [9.17, 15) is 62.3 Å². The van der Waals surface area contributed by atoms with Crippen LogP contribution in [0.5, 0.6) is 0 Å². The smallest absolute Gasteiger partial charge is 0.315 e. The number of nitrogens with two attached hydrogens (primary N) is 3. The molecule has 6 heterocycles. The monoisotopic (exact) mass is 1890 g/mol. The van der Waals surface area contributed by atoms with Gasteiger partial charge in [-0.1, -0.05) is 146 Å². The fourth-order valence-corrected chi connectivity index (χ4v) is 18.0. The third-order valence-corrected chi connectivity index (χ3v) is 25.3. The van der Waals surface area contributed by atoms with E-state index in [0.717, 1.165) is 24.2 Å². The molecule has 0 saturated carbocycles. The van der Waals surface area contributed by atoms with E-state index in [1.165, 1.54) is 30.7 Å². The lowest BCUT2D eigenvalue weighted by Crippen LogP contribution is -2.61. The van der Waals surface area contributed by atoms with Gasteiger partial charge in [0, 0.05) is 98.5 Å².